The van der Waals surface area contributed by atoms with E-state index in [1.54, 1.807) is 19.1 Å². The van der Waals surface area contributed by atoms with Crippen LogP contribution in [0.25, 0.3) is 11.1 Å². The number of anilines is 2. The van der Waals surface area contributed by atoms with E-state index in [2.05, 4.69) is 0 Å². The van der Waals surface area contributed by atoms with Crippen LogP contribution in [-0.2, 0) is 0 Å². The number of nitrogen functional groups attached to an aromatic ring is 2. The fourth-order valence-corrected chi connectivity index (χ4v) is 3.57. The molecule has 0 unspecified atom stereocenters. The van der Waals surface area contributed by atoms with Crippen LogP contribution in [0.5, 0.6) is 17.2 Å². The summed E-state index contributed by atoms with van der Waals surface area (Å²) >= 11 is 0. The summed E-state index contributed by atoms with van der Waals surface area (Å²) in [5.41, 5.74) is 12.3. The number of hydrogen-bond donors (Lipinski definition) is 5. The third kappa shape index (κ3) is 2.23. The number of ketones is 2. The highest BCUT2D eigenvalue weighted by molar-refractivity contribution is 6.34. The van der Waals surface area contributed by atoms with Gasteiger partial charge in [0.15, 0.2) is 0 Å². The van der Waals surface area contributed by atoms with Crippen molar-refractivity contribution in [1.82, 2.24) is 0 Å². The van der Waals surface area contributed by atoms with Gasteiger partial charge in [0.2, 0.25) is 11.6 Å². The van der Waals surface area contributed by atoms with Crippen LogP contribution in [0.3, 0.4) is 0 Å². The van der Waals surface area contributed by atoms with Gasteiger partial charge in [-0.3, -0.25) is 9.59 Å². The maximum atomic E-state index is 13.1. The molecule has 0 spiro atoms. The number of benzene rings is 3. The maximum Gasteiger partial charge on any atom is 0.200 e. The van der Waals surface area contributed by atoms with Crippen LogP contribution >= 0.6 is 0 Å². The van der Waals surface area contributed by atoms with Crippen LogP contribution < -0.4 is 11.5 Å². The first kappa shape index (κ1) is 17.4. The zero-order chi connectivity index (χ0) is 20.3. The number of phenols is 3. The lowest BCUT2D eigenvalue weighted by molar-refractivity contribution is 0.0975. The van der Waals surface area contributed by atoms with E-state index in [1.165, 1.54) is 24.3 Å². The van der Waals surface area contributed by atoms with Crippen molar-refractivity contribution in [3.05, 3.63) is 64.2 Å². The number of carbonyl (C=O) groups is 2. The monoisotopic (exact) mass is 376 g/mol. The molecule has 0 aromatic heterocycles. The first-order valence-corrected chi connectivity index (χ1v) is 8.38. The Morgan fingerprint density at radius 2 is 1.21 bits per heavy atom. The topological polar surface area (TPSA) is 147 Å². The van der Waals surface area contributed by atoms with Gasteiger partial charge in [-0.2, -0.15) is 0 Å². The van der Waals surface area contributed by atoms with E-state index in [0.29, 0.717) is 11.1 Å². The van der Waals surface area contributed by atoms with Crippen molar-refractivity contribution in [2.75, 3.05) is 11.5 Å². The summed E-state index contributed by atoms with van der Waals surface area (Å²) in [4.78, 5) is 26.2. The van der Waals surface area contributed by atoms with Crippen molar-refractivity contribution in [2.24, 2.45) is 0 Å². The highest BCUT2D eigenvalue weighted by Crippen LogP contribution is 2.45. The molecular formula is C21H16N2O5. The number of hydrogen-bond acceptors (Lipinski definition) is 7. The van der Waals surface area contributed by atoms with Crippen LogP contribution in [0.15, 0.2) is 36.4 Å². The normalized spacial score (nSPS) is 12.6. The van der Waals surface area contributed by atoms with Crippen LogP contribution in [0.1, 0.15) is 37.4 Å². The Hall–Kier alpha value is -4.00. The van der Waals surface area contributed by atoms with Gasteiger partial charge in [-0.05, 0) is 42.3 Å². The van der Waals surface area contributed by atoms with E-state index in [-0.39, 0.29) is 50.7 Å². The van der Waals surface area contributed by atoms with Gasteiger partial charge in [0, 0.05) is 16.9 Å². The molecule has 0 saturated carbocycles. The molecule has 0 fully saturated rings. The average Bonchev–Trinajstić information content (AvgIpc) is 2.65. The van der Waals surface area contributed by atoms with Crippen molar-refractivity contribution in [1.29, 1.82) is 0 Å². The first-order valence-electron chi connectivity index (χ1n) is 8.38. The molecule has 4 rings (SSSR count). The molecule has 3 aromatic rings. The third-order valence-corrected chi connectivity index (χ3v) is 4.94. The van der Waals surface area contributed by atoms with Gasteiger partial charge in [-0.15, -0.1) is 0 Å². The van der Waals surface area contributed by atoms with Gasteiger partial charge in [-0.25, -0.2) is 0 Å². The minimum Gasteiger partial charge on any atom is -0.508 e. The molecule has 0 amide bonds. The smallest absolute Gasteiger partial charge is 0.200 e. The number of aromatic hydroxyl groups is 3. The van der Waals surface area contributed by atoms with Gasteiger partial charge >= 0.3 is 0 Å². The molecule has 140 valence electrons. The van der Waals surface area contributed by atoms with Crippen molar-refractivity contribution < 1.29 is 24.9 Å². The largest absolute Gasteiger partial charge is 0.508 e. The van der Waals surface area contributed by atoms with Gasteiger partial charge in [0.1, 0.15) is 17.2 Å². The molecule has 0 atom stereocenters. The predicted molar refractivity (Wildman–Crippen MR) is 104 cm³/mol. The number of phenolic OH excluding ortho intramolecular Hbond substituents is 3. The summed E-state index contributed by atoms with van der Waals surface area (Å²) in [6.45, 7) is 1.56. The molecule has 7 nitrogen and oxygen atoms in total. The minimum absolute atomic E-state index is 0.0145. The molecule has 0 bridgehead atoms. The van der Waals surface area contributed by atoms with Crippen LogP contribution in [0.4, 0.5) is 11.4 Å². The summed E-state index contributed by atoms with van der Waals surface area (Å²) in [5.74, 6) is -2.09. The Bertz CT molecular complexity index is 1200. The summed E-state index contributed by atoms with van der Waals surface area (Å²) in [6.07, 6.45) is 0. The Kier molecular flexibility index (Phi) is 3.58. The highest BCUT2D eigenvalue weighted by Gasteiger charge is 2.38. The van der Waals surface area contributed by atoms with Gasteiger partial charge in [0.25, 0.3) is 0 Å². The number of carbonyl (C=O) groups excluding carboxylic acids is 2. The van der Waals surface area contributed by atoms with Crippen LogP contribution in [0.2, 0.25) is 0 Å². The molecule has 3 aromatic carbocycles. The minimum atomic E-state index is -0.692. The summed E-state index contributed by atoms with van der Waals surface area (Å²) in [6, 6.07) is 8.71. The Labute approximate surface area is 159 Å². The Morgan fingerprint density at radius 1 is 0.714 bits per heavy atom. The fourth-order valence-electron chi connectivity index (χ4n) is 3.57. The molecule has 28 heavy (non-hydrogen) atoms. The Morgan fingerprint density at radius 3 is 1.79 bits per heavy atom. The van der Waals surface area contributed by atoms with E-state index in [4.69, 9.17) is 11.5 Å². The van der Waals surface area contributed by atoms with E-state index < -0.39 is 17.3 Å². The van der Waals surface area contributed by atoms with E-state index >= 15 is 0 Å². The number of fused-ring (bicyclic) bond motifs is 2. The second kappa shape index (κ2) is 5.75. The third-order valence-electron chi connectivity index (χ3n) is 4.94. The van der Waals surface area contributed by atoms with Gasteiger partial charge < -0.3 is 26.8 Å². The zero-order valence-electron chi connectivity index (χ0n) is 14.8. The highest BCUT2D eigenvalue weighted by atomic mass is 16.3. The van der Waals surface area contributed by atoms with Gasteiger partial charge in [-0.1, -0.05) is 12.1 Å². The molecule has 0 aliphatic heterocycles. The lowest BCUT2D eigenvalue weighted by atomic mass is 9.79. The zero-order valence-corrected chi connectivity index (χ0v) is 14.8. The standard InChI is InChI=1S/C21H16N2O5/c1-8-6-12(22)14-16(18(8)25)20(27)15-13(23)7-11(19(26)17(15)21(14)28)9-2-4-10(24)5-3-9/h2-7,24-26H,22-23H2,1H3. The van der Waals surface area contributed by atoms with E-state index in [1.807, 2.05) is 0 Å². The predicted octanol–water partition coefficient (Wildman–Crippen LogP) is 2.72. The molecule has 1 aliphatic carbocycles. The van der Waals surface area contributed by atoms with Gasteiger partial charge in [0.05, 0.1) is 22.3 Å². The molecular weight excluding hydrogens is 360 g/mol. The fraction of sp³-hybridized carbons (Fsp3) is 0.0476. The number of nitrogens with two attached hydrogens (primary N) is 2. The molecule has 0 saturated heterocycles. The van der Waals surface area contributed by atoms with Crippen molar-refractivity contribution in [3.63, 3.8) is 0 Å². The summed E-state index contributed by atoms with van der Waals surface area (Å²) in [7, 11) is 0. The molecule has 1 aliphatic rings. The second-order valence-corrected chi connectivity index (χ2v) is 6.70. The van der Waals surface area contributed by atoms with Crippen LogP contribution in [-0.4, -0.2) is 26.9 Å². The van der Waals surface area contributed by atoms with E-state index in [9.17, 15) is 24.9 Å². The number of aryl methyl sites for hydroxylation is 1. The van der Waals surface area contributed by atoms with Crippen LogP contribution in [0, 0.1) is 6.92 Å². The molecule has 7 heteroatoms. The summed E-state index contributed by atoms with van der Waals surface area (Å²) in [5, 5.41) is 30.6. The number of rotatable bonds is 1. The van der Waals surface area contributed by atoms with Crippen molar-refractivity contribution in [2.45, 2.75) is 6.92 Å². The lowest BCUT2D eigenvalue weighted by Crippen LogP contribution is -2.24. The lowest BCUT2D eigenvalue weighted by Gasteiger charge is -2.24. The maximum absolute atomic E-state index is 13.1. The quantitative estimate of drug-likeness (QED) is 0.253. The van der Waals surface area contributed by atoms with Crippen molar-refractivity contribution in [3.8, 4) is 28.4 Å². The molecule has 0 heterocycles. The van der Waals surface area contributed by atoms with E-state index in [0.717, 1.165) is 0 Å². The summed E-state index contributed by atoms with van der Waals surface area (Å²) < 4.78 is 0. The Balaban J connectivity index is 2.04. The first-order chi connectivity index (χ1) is 13.2. The molecule has 0 radical (unpaired) electrons. The second-order valence-electron chi connectivity index (χ2n) is 6.70. The molecule has 7 N–H and O–H groups in total. The SMILES string of the molecule is Cc1cc(N)c2c(c1O)C(=O)c1c(N)cc(-c3ccc(O)cc3)c(O)c1C2=O. The van der Waals surface area contributed by atoms with Crippen molar-refractivity contribution >= 4 is 22.9 Å². The average molecular weight is 376 g/mol.